The maximum absolute atomic E-state index is 9.89. The van der Waals surface area contributed by atoms with Crippen molar-refractivity contribution in [1.82, 2.24) is 29.9 Å². The summed E-state index contributed by atoms with van der Waals surface area (Å²) in [5.74, 6) is 0.797. The first-order valence-electron chi connectivity index (χ1n) is 12.4. The van der Waals surface area contributed by atoms with E-state index in [0.717, 1.165) is 41.1 Å². The number of aliphatic hydroxyl groups excluding tert-OH is 1. The monoisotopic (exact) mass is 460 g/mol. The lowest BCUT2D eigenvalue weighted by molar-refractivity contribution is -0.0121. The molecule has 4 aromatic rings. The molecule has 0 spiro atoms. The first kappa shape index (κ1) is 21.7. The predicted octanol–water partition coefficient (Wildman–Crippen LogP) is 3.90. The summed E-state index contributed by atoms with van der Waals surface area (Å²) in [6.45, 7) is 6.05. The molecule has 0 aromatic carbocycles. The molecule has 6 rings (SSSR count). The van der Waals surface area contributed by atoms with Gasteiger partial charge in [-0.05, 0) is 49.8 Å². The molecule has 34 heavy (non-hydrogen) atoms. The highest BCUT2D eigenvalue weighted by molar-refractivity contribution is 5.88. The molecule has 8 heteroatoms. The summed E-state index contributed by atoms with van der Waals surface area (Å²) in [7, 11) is 0. The van der Waals surface area contributed by atoms with E-state index in [9.17, 15) is 5.11 Å². The molecule has 4 aromatic heterocycles. The summed E-state index contributed by atoms with van der Waals surface area (Å²) < 4.78 is 7.04. The number of H-pyrrole nitrogens is 1. The van der Waals surface area contributed by atoms with Gasteiger partial charge in [-0.2, -0.15) is 5.10 Å². The highest BCUT2D eigenvalue weighted by Gasteiger charge is 2.28. The van der Waals surface area contributed by atoms with Crippen molar-refractivity contribution in [2.24, 2.45) is 0 Å². The molecule has 1 saturated heterocycles. The van der Waals surface area contributed by atoms with Gasteiger partial charge in [0.15, 0.2) is 5.65 Å². The van der Waals surface area contributed by atoms with Crippen molar-refractivity contribution in [1.29, 1.82) is 0 Å². The summed E-state index contributed by atoms with van der Waals surface area (Å²) in [5, 5.41) is 17.9. The van der Waals surface area contributed by atoms with Crippen molar-refractivity contribution in [3.05, 3.63) is 47.5 Å². The van der Waals surface area contributed by atoms with Gasteiger partial charge < -0.3 is 20.1 Å². The molecule has 2 aliphatic rings. The normalized spacial score (nSPS) is 21.5. The zero-order valence-electron chi connectivity index (χ0n) is 19.8. The Bertz CT molecular complexity index is 1310. The van der Waals surface area contributed by atoms with Gasteiger partial charge in [0.25, 0.3) is 0 Å². The summed E-state index contributed by atoms with van der Waals surface area (Å²) in [4.78, 5) is 13.1. The fraction of sp³-hybridized carbons (Fsp3) is 0.500. The molecule has 0 atom stereocenters. The van der Waals surface area contributed by atoms with Crippen molar-refractivity contribution in [2.75, 3.05) is 13.2 Å². The minimum absolute atomic E-state index is 0.0824. The standard InChI is InChI=1S/C26H32N6O2/c1-15(2)23-24(17-9-18(11-33)26-27-14-28-32(26)10-17)31-22-8-7-21(30-25(22)23)16-3-5-19(6-4-16)29-20-12-34-13-20/h7-10,14-16,19-20,29,31,33H,3-6,11-13H2,1-2H3. The number of rotatable bonds is 6. The van der Waals surface area contributed by atoms with Crippen LogP contribution in [0.15, 0.2) is 30.7 Å². The number of hydrogen-bond donors (Lipinski definition) is 3. The van der Waals surface area contributed by atoms with Crippen LogP contribution in [0, 0.1) is 0 Å². The SMILES string of the molecule is CC(C)c1c(-c2cc(CO)c3ncnn3c2)[nH]c2ccc(C3CCC(NC4COC4)CC3)nc12. The van der Waals surface area contributed by atoms with E-state index in [1.165, 1.54) is 43.3 Å². The average molecular weight is 461 g/mol. The minimum atomic E-state index is -0.0824. The molecular formula is C26H32N6O2. The van der Waals surface area contributed by atoms with Crippen LogP contribution < -0.4 is 5.32 Å². The Hall–Kier alpha value is -2.81. The number of pyridine rings is 2. The fourth-order valence-electron chi connectivity index (χ4n) is 5.59. The molecule has 0 radical (unpaired) electrons. The van der Waals surface area contributed by atoms with Gasteiger partial charge in [0.2, 0.25) is 0 Å². The third-order valence-electron chi connectivity index (χ3n) is 7.44. The van der Waals surface area contributed by atoms with Crippen LogP contribution in [-0.2, 0) is 11.3 Å². The molecule has 1 aliphatic carbocycles. The lowest BCUT2D eigenvalue weighted by Gasteiger charge is -2.35. The van der Waals surface area contributed by atoms with E-state index in [1.807, 2.05) is 12.3 Å². The molecular weight excluding hydrogens is 428 g/mol. The quantitative estimate of drug-likeness (QED) is 0.403. The molecule has 2 fully saturated rings. The topological polar surface area (TPSA) is 100 Å². The van der Waals surface area contributed by atoms with E-state index >= 15 is 0 Å². The highest BCUT2D eigenvalue weighted by atomic mass is 16.5. The van der Waals surface area contributed by atoms with Gasteiger partial charge in [-0.25, -0.2) is 9.50 Å². The van der Waals surface area contributed by atoms with Gasteiger partial charge >= 0.3 is 0 Å². The second kappa shape index (κ2) is 8.76. The second-order valence-electron chi connectivity index (χ2n) is 10.1. The Morgan fingerprint density at radius 1 is 1.18 bits per heavy atom. The van der Waals surface area contributed by atoms with Crippen molar-refractivity contribution in [3.63, 3.8) is 0 Å². The molecule has 3 N–H and O–H groups in total. The molecule has 8 nitrogen and oxygen atoms in total. The maximum atomic E-state index is 9.89. The van der Waals surface area contributed by atoms with E-state index in [2.05, 4.69) is 46.4 Å². The lowest BCUT2D eigenvalue weighted by Crippen LogP contribution is -2.51. The Morgan fingerprint density at radius 2 is 2.00 bits per heavy atom. The summed E-state index contributed by atoms with van der Waals surface area (Å²) in [6.07, 6.45) is 8.21. The maximum Gasteiger partial charge on any atom is 0.160 e. The molecule has 1 saturated carbocycles. The summed E-state index contributed by atoms with van der Waals surface area (Å²) in [6, 6.07) is 7.54. The van der Waals surface area contributed by atoms with Crippen LogP contribution in [-0.4, -0.2) is 55.0 Å². The van der Waals surface area contributed by atoms with Crippen molar-refractivity contribution >= 4 is 16.7 Å². The zero-order chi connectivity index (χ0) is 23.2. The Labute approximate surface area is 198 Å². The summed E-state index contributed by atoms with van der Waals surface area (Å²) in [5.41, 5.74) is 7.98. The largest absolute Gasteiger partial charge is 0.392 e. The smallest absolute Gasteiger partial charge is 0.160 e. The predicted molar refractivity (Wildman–Crippen MR) is 131 cm³/mol. The molecule has 1 aliphatic heterocycles. The van der Waals surface area contributed by atoms with Crippen LogP contribution in [0.4, 0.5) is 0 Å². The van der Waals surface area contributed by atoms with Crippen molar-refractivity contribution < 1.29 is 9.84 Å². The third kappa shape index (κ3) is 3.79. The van der Waals surface area contributed by atoms with Gasteiger partial charge in [0.1, 0.15) is 6.33 Å². The number of nitrogens with zero attached hydrogens (tertiary/aromatic N) is 4. The van der Waals surface area contributed by atoms with Crippen LogP contribution in [0.1, 0.15) is 68.2 Å². The number of aromatic nitrogens is 5. The minimum Gasteiger partial charge on any atom is -0.392 e. The van der Waals surface area contributed by atoms with E-state index in [4.69, 9.17) is 9.72 Å². The van der Waals surface area contributed by atoms with Crippen LogP contribution in [0.25, 0.3) is 27.9 Å². The first-order valence-corrected chi connectivity index (χ1v) is 12.4. The van der Waals surface area contributed by atoms with Gasteiger partial charge in [-0.1, -0.05) is 13.8 Å². The van der Waals surface area contributed by atoms with Gasteiger partial charge in [0.05, 0.1) is 42.6 Å². The number of ether oxygens (including phenoxy) is 1. The van der Waals surface area contributed by atoms with Gasteiger partial charge in [-0.3, -0.25) is 4.98 Å². The fourth-order valence-corrected chi connectivity index (χ4v) is 5.59. The summed E-state index contributed by atoms with van der Waals surface area (Å²) >= 11 is 0. The number of aromatic amines is 1. The van der Waals surface area contributed by atoms with E-state index < -0.39 is 0 Å². The van der Waals surface area contributed by atoms with E-state index in [-0.39, 0.29) is 6.61 Å². The Kier molecular flexibility index (Phi) is 5.59. The molecule has 0 amide bonds. The zero-order valence-corrected chi connectivity index (χ0v) is 19.8. The van der Waals surface area contributed by atoms with Crippen LogP contribution >= 0.6 is 0 Å². The third-order valence-corrected chi connectivity index (χ3v) is 7.44. The van der Waals surface area contributed by atoms with Crippen molar-refractivity contribution in [2.45, 2.75) is 70.1 Å². The number of nitrogens with one attached hydrogen (secondary N) is 2. The molecule has 0 unspecified atom stereocenters. The van der Waals surface area contributed by atoms with Crippen LogP contribution in [0.5, 0.6) is 0 Å². The number of hydrogen-bond acceptors (Lipinski definition) is 6. The Balaban J connectivity index is 1.33. The molecule has 178 valence electrons. The average Bonchev–Trinajstić information content (AvgIpc) is 3.45. The van der Waals surface area contributed by atoms with Crippen molar-refractivity contribution in [3.8, 4) is 11.3 Å². The van der Waals surface area contributed by atoms with E-state index in [0.29, 0.717) is 29.6 Å². The van der Waals surface area contributed by atoms with Crippen LogP contribution in [0.3, 0.4) is 0 Å². The van der Waals surface area contributed by atoms with Gasteiger partial charge in [-0.15, -0.1) is 0 Å². The number of fused-ring (bicyclic) bond motifs is 2. The molecule has 5 heterocycles. The van der Waals surface area contributed by atoms with Crippen LogP contribution in [0.2, 0.25) is 0 Å². The van der Waals surface area contributed by atoms with Gasteiger partial charge in [0, 0.05) is 40.5 Å². The highest BCUT2D eigenvalue weighted by Crippen LogP contribution is 2.38. The molecule has 0 bridgehead atoms. The van der Waals surface area contributed by atoms with E-state index in [1.54, 1.807) is 4.52 Å². The second-order valence-corrected chi connectivity index (χ2v) is 10.1. The number of aliphatic hydroxyl groups is 1. The first-order chi connectivity index (χ1) is 16.6. The Morgan fingerprint density at radius 3 is 2.71 bits per heavy atom. The lowest BCUT2D eigenvalue weighted by atomic mass is 9.83.